The van der Waals surface area contributed by atoms with Crippen molar-refractivity contribution in [3.63, 3.8) is 0 Å². The van der Waals surface area contributed by atoms with E-state index in [1.165, 1.54) is 54.6 Å². The molecule has 0 unspecified atom stereocenters. The van der Waals surface area contributed by atoms with E-state index in [1.807, 2.05) is 0 Å². The number of carbonyl (C=O) groups is 2. The summed E-state index contributed by atoms with van der Waals surface area (Å²) in [6.45, 7) is 0. The van der Waals surface area contributed by atoms with Gasteiger partial charge in [0, 0.05) is 0 Å². The monoisotopic (exact) mass is 634 g/mol. The minimum atomic E-state index is -7.92. The zero-order valence-electron chi connectivity index (χ0n) is 15.7. The fraction of sp³-hybridized carbons (Fsp3) is 0.0909. The summed E-state index contributed by atoms with van der Waals surface area (Å²) in [7, 11) is 0. The van der Waals surface area contributed by atoms with Crippen molar-refractivity contribution in [2.45, 2.75) is 12.4 Å². The third kappa shape index (κ3) is 3.30. The molecule has 0 saturated heterocycles. The van der Waals surface area contributed by atoms with E-state index in [-0.39, 0.29) is 0 Å². The van der Waals surface area contributed by atoms with Crippen LogP contribution in [0.25, 0.3) is 0 Å². The molecule has 0 amide bonds. The van der Waals surface area contributed by atoms with E-state index in [9.17, 15) is 35.9 Å². The van der Waals surface area contributed by atoms with Gasteiger partial charge in [-0.1, -0.05) is 0 Å². The van der Waals surface area contributed by atoms with Gasteiger partial charge < -0.3 is 0 Å². The second-order valence-corrected chi connectivity index (χ2v) is 24.6. The van der Waals surface area contributed by atoms with Gasteiger partial charge >= 0.3 is 175 Å². The Kier molecular flexibility index (Phi) is 5.87. The molecule has 0 N–H and O–H groups in total. The summed E-state index contributed by atoms with van der Waals surface area (Å²) in [4.78, 5) is 26.7. The quantitative estimate of drug-likeness (QED) is 0.319. The Balaban J connectivity index is 2.77. The van der Waals surface area contributed by atoms with Crippen LogP contribution in [0, 0.1) is 0 Å². The molecule has 0 atom stereocenters. The first-order valence-electron chi connectivity index (χ1n) is 8.89. The van der Waals surface area contributed by atoms with Gasteiger partial charge in [-0.05, 0) is 0 Å². The van der Waals surface area contributed by atoms with Crippen molar-refractivity contribution in [1.82, 2.24) is 0 Å². The molecule has 0 fully saturated rings. The molecule has 3 rings (SSSR count). The molecular formula is C22H15BiF6O2. The van der Waals surface area contributed by atoms with Gasteiger partial charge in [-0.3, -0.25) is 0 Å². The first-order chi connectivity index (χ1) is 14.5. The Labute approximate surface area is 174 Å². The number of halogens is 6. The van der Waals surface area contributed by atoms with Crippen LogP contribution < -0.4 is 9.81 Å². The normalized spacial score (nSPS) is 13.8. The van der Waals surface area contributed by atoms with Crippen LogP contribution in [0.4, 0.5) is 26.3 Å². The van der Waals surface area contributed by atoms with Crippen LogP contribution in [0.3, 0.4) is 0 Å². The summed E-state index contributed by atoms with van der Waals surface area (Å²) in [5.41, 5.74) is 0. The van der Waals surface area contributed by atoms with Gasteiger partial charge in [-0.15, -0.1) is 0 Å². The Morgan fingerprint density at radius 2 is 0.710 bits per heavy atom. The maximum atomic E-state index is 14.2. The fourth-order valence-electron chi connectivity index (χ4n) is 3.93. The number of alkyl halides is 6. The number of hydrogen-bond donors (Lipinski definition) is 0. The molecule has 0 spiro atoms. The molecule has 0 aliphatic heterocycles. The number of hydrogen-bond acceptors (Lipinski definition) is 2. The van der Waals surface area contributed by atoms with Gasteiger partial charge in [0.2, 0.25) is 0 Å². The Morgan fingerprint density at radius 3 is 0.903 bits per heavy atom. The van der Waals surface area contributed by atoms with Gasteiger partial charge in [0.15, 0.2) is 0 Å². The molecule has 31 heavy (non-hydrogen) atoms. The molecule has 0 radical (unpaired) electrons. The van der Waals surface area contributed by atoms with Crippen LogP contribution in [-0.4, -0.2) is 38.1 Å². The summed E-state index contributed by atoms with van der Waals surface area (Å²) in [6.07, 6.45) is -11.4. The average Bonchev–Trinajstić information content (AvgIpc) is 2.75. The van der Waals surface area contributed by atoms with Crippen LogP contribution in [0.2, 0.25) is 0 Å². The van der Waals surface area contributed by atoms with Crippen molar-refractivity contribution >= 4 is 35.6 Å². The first kappa shape index (κ1) is 23.1. The van der Waals surface area contributed by atoms with E-state index in [2.05, 4.69) is 0 Å². The number of rotatable bonds is 5. The van der Waals surface area contributed by atoms with E-state index in [0.717, 1.165) is 36.4 Å². The van der Waals surface area contributed by atoms with Crippen LogP contribution in [0.5, 0.6) is 0 Å². The van der Waals surface area contributed by atoms with E-state index in [4.69, 9.17) is 0 Å². The van der Waals surface area contributed by atoms with Crippen LogP contribution in [0.1, 0.15) is 0 Å². The van der Waals surface area contributed by atoms with Crippen molar-refractivity contribution in [3.8, 4) is 0 Å². The van der Waals surface area contributed by atoms with Gasteiger partial charge in [0.05, 0.1) is 0 Å². The zero-order chi connectivity index (χ0) is 22.9. The molecule has 0 aliphatic rings. The summed E-state index contributed by atoms with van der Waals surface area (Å²) in [5, 5.41) is 0. The first-order valence-corrected chi connectivity index (χ1v) is 17.6. The molecular weight excluding hydrogens is 619 g/mol. The summed E-state index contributed by atoms with van der Waals surface area (Å²) >= 11 is -7.92. The Bertz CT molecular complexity index is 964. The SMILES string of the molecule is O=[C](C(F)(F)F)[Bi]([C](=O)C(F)(F)F)([c]1ccccc1)([c]1ccccc1)[c]1ccccc1. The molecule has 0 bridgehead atoms. The van der Waals surface area contributed by atoms with Crippen molar-refractivity contribution in [2.24, 2.45) is 0 Å². The molecule has 3 aromatic carbocycles. The van der Waals surface area contributed by atoms with Gasteiger partial charge in [-0.2, -0.15) is 0 Å². The summed E-state index contributed by atoms with van der Waals surface area (Å²) < 4.78 is 78.2. The predicted molar refractivity (Wildman–Crippen MR) is 106 cm³/mol. The Morgan fingerprint density at radius 1 is 0.484 bits per heavy atom. The maximum absolute atomic E-state index is 14.2. The fourth-order valence-corrected chi connectivity index (χ4v) is 26.5. The molecule has 2 nitrogen and oxygen atoms in total. The number of benzene rings is 3. The minimum absolute atomic E-state index is 0.546. The van der Waals surface area contributed by atoms with Crippen molar-refractivity contribution in [1.29, 1.82) is 0 Å². The average molecular weight is 634 g/mol. The van der Waals surface area contributed by atoms with Crippen LogP contribution >= 0.6 is 0 Å². The third-order valence-electron chi connectivity index (χ3n) is 5.12. The molecule has 9 heteroatoms. The van der Waals surface area contributed by atoms with Gasteiger partial charge in [0.25, 0.3) is 0 Å². The predicted octanol–water partition coefficient (Wildman–Crippen LogP) is 3.45. The molecule has 162 valence electrons. The molecule has 0 saturated carbocycles. The second-order valence-electron chi connectivity index (χ2n) is 6.73. The summed E-state index contributed by atoms with van der Waals surface area (Å²) in [5.74, 6) is 0. The third-order valence-corrected chi connectivity index (χ3v) is 28.9. The molecule has 0 aromatic heterocycles. The second kappa shape index (κ2) is 7.86. The number of carbonyl (C=O) groups excluding carboxylic acids is 2. The summed E-state index contributed by atoms with van der Waals surface area (Å²) in [6, 6.07) is 17.6. The van der Waals surface area contributed by atoms with E-state index < -0.39 is 47.9 Å². The van der Waals surface area contributed by atoms with Crippen LogP contribution in [-0.2, 0) is 9.59 Å². The van der Waals surface area contributed by atoms with Crippen LogP contribution in [0.15, 0.2) is 91.0 Å². The van der Waals surface area contributed by atoms with Gasteiger partial charge in [-0.25, -0.2) is 0 Å². The zero-order valence-corrected chi connectivity index (χ0v) is 19.2. The topological polar surface area (TPSA) is 34.1 Å². The van der Waals surface area contributed by atoms with Crippen molar-refractivity contribution < 1.29 is 35.9 Å². The molecule has 0 heterocycles. The molecule has 0 aliphatic carbocycles. The van der Waals surface area contributed by atoms with E-state index in [1.54, 1.807) is 0 Å². The molecule has 3 aromatic rings. The van der Waals surface area contributed by atoms with Gasteiger partial charge in [0.1, 0.15) is 0 Å². The standard InChI is InChI=1S/3C6H5.2C2F3O.Bi/c3*1-2-4-6-5-3-1;2*3-2(4,5)1-6;/h3*1-5H;;;. The van der Waals surface area contributed by atoms with E-state index in [0.29, 0.717) is 0 Å². The van der Waals surface area contributed by atoms with Crippen molar-refractivity contribution in [2.75, 3.05) is 0 Å². The van der Waals surface area contributed by atoms with E-state index >= 15 is 0 Å². The van der Waals surface area contributed by atoms with Crippen molar-refractivity contribution in [3.05, 3.63) is 91.0 Å². The Hall–Kier alpha value is -2.54.